The highest BCUT2D eigenvalue weighted by Crippen LogP contribution is 2.30. The summed E-state index contributed by atoms with van der Waals surface area (Å²) in [4.78, 5) is 23.8. The molecule has 2 rings (SSSR count). The van der Waals surface area contributed by atoms with Crippen molar-refractivity contribution in [2.45, 2.75) is 12.4 Å². The molecule has 4 nitrogen and oxygen atoms in total. The van der Waals surface area contributed by atoms with Gasteiger partial charge in [-0.1, -0.05) is 6.07 Å². The highest BCUT2D eigenvalue weighted by molar-refractivity contribution is 5.37. The average molecular weight is 338 g/mol. The van der Waals surface area contributed by atoms with Gasteiger partial charge in [-0.2, -0.15) is 26.3 Å². The van der Waals surface area contributed by atoms with Crippen molar-refractivity contribution >= 4 is 0 Å². The zero-order chi connectivity index (χ0) is 17.6. The van der Waals surface area contributed by atoms with Crippen LogP contribution < -0.4 is 11.2 Å². The minimum absolute atomic E-state index is 0.154. The molecule has 0 N–H and O–H groups in total. The number of halogens is 6. The number of benzene rings is 1. The summed E-state index contributed by atoms with van der Waals surface area (Å²) in [5.74, 6) is 0. The average Bonchev–Trinajstić information content (AvgIpc) is 2.41. The lowest BCUT2D eigenvalue weighted by Gasteiger charge is -2.14. The van der Waals surface area contributed by atoms with Crippen molar-refractivity contribution in [3.63, 3.8) is 0 Å². The molecule has 0 aliphatic rings. The molecule has 0 aliphatic heterocycles. The lowest BCUT2D eigenvalue weighted by molar-refractivity contribution is -0.144. The van der Waals surface area contributed by atoms with Crippen molar-refractivity contribution < 1.29 is 26.3 Å². The molecular formula is C13H8F6N2O2. The first-order chi connectivity index (χ1) is 10.4. The van der Waals surface area contributed by atoms with Crippen molar-refractivity contribution in [1.29, 1.82) is 0 Å². The summed E-state index contributed by atoms with van der Waals surface area (Å²) >= 11 is 0. The van der Waals surface area contributed by atoms with E-state index in [1.54, 1.807) is 0 Å². The lowest BCUT2D eigenvalue weighted by Crippen LogP contribution is -2.40. The topological polar surface area (TPSA) is 44.0 Å². The summed E-state index contributed by atoms with van der Waals surface area (Å²) in [5, 5.41) is 0. The second-order valence-electron chi connectivity index (χ2n) is 4.59. The molecular weight excluding hydrogens is 330 g/mol. The van der Waals surface area contributed by atoms with E-state index in [4.69, 9.17) is 0 Å². The van der Waals surface area contributed by atoms with Crippen LogP contribution in [0.25, 0.3) is 5.69 Å². The molecule has 0 aliphatic carbocycles. The van der Waals surface area contributed by atoms with Gasteiger partial charge in [0.05, 0.1) is 11.3 Å². The molecule has 1 aromatic heterocycles. The van der Waals surface area contributed by atoms with E-state index in [1.165, 1.54) is 0 Å². The first kappa shape index (κ1) is 16.8. The van der Waals surface area contributed by atoms with E-state index in [0.29, 0.717) is 12.1 Å². The smallest absolute Gasteiger partial charge is 0.292 e. The summed E-state index contributed by atoms with van der Waals surface area (Å²) in [6.07, 6.45) is -9.67. The molecule has 0 unspecified atom stereocenters. The predicted octanol–water partition coefficient (Wildman–Crippen LogP) is 2.57. The van der Waals surface area contributed by atoms with Crippen LogP contribution in [-0.4, -0.2) is 9.13 Å². The molecule has 1 heterocycles. The van der Waals surface area contributed by atoms with Crippen LogP contribution in [-0.2, 0) is 19.4 Å². The normalized spacial score (nSPS) is 12.5. The number of alkyl halides is 6. The quantitative estimate of drug-likeness (QED) is 0.750. The molecule has 23 heavy (non-hydrogen) atoms. The van der Waals surface area contributed by atoms with Gasteiger partial charge in [-0.3, -0.25) is 9.36 Å². The molecule has 0 atom stereocenters. The van der Waals surface area contributed by atoms with E-state index in [2.05, 4.69) is 0 Å². The summed E-state index contributed by atoms with van der Waals surface area (Å²) in [6.45, 7) is 0. The molecule has 1 aromatic carbocycles. The van der Waals surface area contributed by atoms with Crippen LogP contribution in [0.4, 0.5) is 26.3 Å². The molecule has 0 spiro atoms. The van der Waals surface area contributed by atoms with Crippen LogP contribution in [0.1, 0.15) is 11.3 Å². The Kier molecular flexibility index (Phi) is 3.87. The standard InChI is InChI=1S/C13H8F6N2O2/c1-20-9(13(17,18)19)6-10(22)21(11(20)23)8-4-2-3-7(5-8)12(14,15)16/h2-6H,1H3. The number of hydrogen-bond acceptors (Lipinski definition) is 2. The van der Waals surface area contributed by atoms with E-state index >= 15 is 0 Å². The Bertz CT molecular complexity index is 860. The molecule has 0 saturated carbocycles. The van der Waals surface area contributed by atoms with Crippen molar-refractivity contribution in [3.05, 3.63) is 62.4 Å². The van der Waals surface area contributed by atoms with Crippen molar-refractivity contribution in [2.75, 3.05) is 0 Å². The first-order valence-corrected chi connectivity index (χ1v) is 6.01. The Morgan fingerprint density at radius 3 is 2.04 bits per heavy atom. The van der Waals surface area contributed by atoms with Crippen molar-refractivity contribution in [2.24, 2.45) is 7.05 Å². The van der Waals surface area contributed by atoms with Gasteiger partial charge in [0.15, 0.2) is 0 Å². The molecule has 0 radical (unpaired) electrons. The van der Waals surface area contributed by atoms with E-state index in [-0.39, 0.29) is 15.2 Å². The fraction of sp³-hybridized carbons (Fsp3) is 0.231. The highest BCUT2D eigenvalue weighted by Gasteiger charge is 2.35. The number of rotatable bonds is 1. The van der Waals surface area contributed by atoms with E-state index < -0.39 is 40.5 Å². The Labute approximate surface area is 124 Å². The first-order valence-electron chi connectivity index (χ1n) is 6.01. The molecule has 0 fully saturated rings. The maximum Gasteiger partial charge on any atom is 0.431 e. The lowest BCUT2D eigenvalue weighted by atomic mass is 10.2. The van der Waals surface area contributed by atoms with E-state index in [1.807, 2.05) is 0 Å². The number of aromatic nitrogens is 2. The van der Waals surface area contributed by atoms with Crippen LogP contribution in [0, 0.1) is 0 Å². The Morgan fingerprint density at radius 1 is 0.913 bits per heavy atom. The van der Waals surface area contributed by atoms with Gasteiger partial charge in [-0.25, -0.2) is 9.36 Å². The second-order valence-corrected chi connectivity index (χ2v) is 4.59. The summed E-state index contributed by atoms with van der Waals surface area (Å²) < 4.78 is 76.5. The van der Waals surface area contributed by atoms with Crippen LogP contribution in [0.3, 0.4) is 0 Å². The summed E-state index contributed by atoms with van der Waals surface area (Å²) in [6, 6.07) is 3.34. The van der Waals surface area contributed by atoms with Crippen molar-refractivity contribution in [3.8, 4) is 5.69 Å². The van der Waals surface area contributed by atoms with Gasteiger partial charge < -0.3 is 0 Å². The van der Waals surface area contributed by atoms with Crippen molar-refractivity contribution in [1.82, 2.24) is 9.13 Å². The molecule has 124 valence electrons. The second kappa shape index (κ2) is 5.28. The molecule has 0 bridgehead atoms. The Balaban J connectivity index is 2.75. The Morgan fingerprint density at radius 2 is 1.52 bits per heavy atom. The SMILES string of the molecule is Cn1c(C(F)(F)F)cc(=O)n(-c2cccc(C(F)(F)F)c2)c1=O. The zero-order valence-corrected chi connectivity index (χ0v) is 11.4. The molecule has 0 saturated heterocycles. The van der Waals surface area contributed by atoms with Gasteiger partial charge in [0, 0.05) is 13.1 Å². The Hall–Kier alpha value is -2.52. The molecule has 0 amide bonds. The highest BCUT2D eigenvalue weighted by atomic mass is 19.4. The fourth-order valence-electron chi connectivity index (χ4n) is 1.96. The zero-order valence-electron chi connectivity index (χ0n) is 11.4. The third-order valence-electron chi connectivity index (χ3n) is 3.04. The largest absolute Gasteiger partial charge is 0.431 e. The minimum atomic E-state index is -4.94. The van der Waals surface area contributed by atoms with Crippen LogP contribution in [0.2, 0.25) is 0 Å². The molecule has 2 aromatic rings. The predicted molar refractivity (Wildman–Crippen MR) is 67.3 cm³/mol. The number of hydrogen-bond donors (Lipinski definition) is 0. The fourth-order valence-corrected chi connectivity index (χ4v) is 1.96. The van der Waals surface area contributed by atoms with Gasteiger partial charge >= 0.3 is 18.0 Å². The minimum Gasteiger partial charge on any atom is -0.292 e. The van der Waals surface area contributed by atoms with Gasteiger partial charge in [-0.15, -0.1) is 0 Å². The molecule has 10 heteroatoms. The van der Waals surface area contributed by atoms with Crippen LogP contribution in [0.15, 0.2) is 39.9 Å². The maximum absolute atomic E-state index is 12.7. The third-order valence-corrected chi connectivity index (χ3v) is 3.04. The van der Waals surface area contributed by atoms with Crippen LogP contribution >= 0.6 is 0 Å². The van der Waals surface area contributed by atoms with Gasteiger partial charge in [0.1, 0.15) is 5.69 Å². The summed E-state index contributed by atoms with van der Waals surface area (Å²) in [5.41, 5.74) is -5.87. The maximum atomic E-state index is 12.7. The monoisotopic (exact) mass is 338 g/mol. The third kappa shape index (κ3) is 3.15. The van der Waals surface area contributed by atoms with Gasteiger partial charge in [-0.05, 0) is 18.2 Å². The number of nitrogens with zero attached hydrogens (tertiary/aromatic N) is 2. The summed E-state index contributed by atoms with van der Waals surface area (Å²) in [7, 11) is 0.773. The van der Waals surface area contributed by atoms with Gasteiger partial charge in [0.25, 0.3) is 5.56 Å². The van der Waals surface area contributed by atoms with E-state index in [0.717, 1.165) is 19.2 Å². The van der Waals surface area contributed by atoms with E-state index in [9.17, 15) is 35.9 Å². The van der Waals surface area contributed by atoms with Crippen LogP contribution in [0.5, 0.6) is 0 Å². The van der Waals surface area contributed by atoms with Gasteiger partial charge in [0.2, 0.25) is 0 Å².